The minimum atomic E-state index is -4.74. The third-order valence-electron chi connectivity index (χ3n) is 5.11. The molecule has 3 aromatic rings. The minimum absolute atomic E-state index is 0.249. The van der Waals surface area contributed by atoms with Gasteiger partial charge in [0.1, 0.15) is 11.6 Å². The Morgan fingerprint density at radius 3 is 2.48 bits per heavy atom. The van der Waals surface area contributed by atoms with Crippen LogP contribution in [0.25, 0.3) is 5.78 Å². The maximum Gasteiger partial charge on any atom is 0.419 e. The number of nitrogens with two attached hydrogens (primary N) is 1. The molecule has 9 heteroatoms. The van der Waals surface area contributed by atoms with Crippen LogP contribution in [0.15, 0.2) is 24.3 Å². The maximum absolute atomic E-state index is 14.2. The molecule has 1 aliphatic rings. The van der Waals surface area contributed by atoms with E-state index in [-0.39, 0.29) is 5.41 Å². The number of nitrogens with zero attached hydrogens (tertiary/aromatic N) is 4. The van der Waals surface area contributed by atoms with Crippen LogP contribution in [-0.4, -0.2) is 19.6 Å². The van der Waals surface area contributed by atoms with Crippen molar-refractivity contribution in [3.8, 4) is 0 Å². The fraction of sp³-hybridized carbons (Fsp3) is 0.389. The van der Waals surface area contributed by atoms with E-state index in [1.807, 2.05) is 6.92 Å². The van der Waals surface area contributed by atoms with Gasteiger partial charge < -0.3 is 5.73 Å². The lowest BCUT2D eigenvalue weighted by Gasteiger charge is -2.22. The molecule has 142 valence electrons. The van der Waals surface area contributed by atoms with E-state index in [0.717, 1.165) is 25.0 Å². The molecule has 1 saturated carbocycles. The molecule has 5 nitrogen and oxygen atoms in total. The molecule has 1 aromatic carbocycles. The van der Waals surface area contributed by atoms with Crippen LogP contribution in [0, 0.1) is 18.2 Å². The Labute approximate surface area is 152 Å². The third-order valence-corrected chi connectivity index (χ3v) is 5.11. The molecular formula is C18H17F4N5. The van der Waals surface area contributed by atoms with Crippen LogP contribution in [0.1, 0.15) is 48.3 Å². The fourth-order valence-corrected chi connectivity index (χ4v) is 3.44. The molecular weight excluding hydrogens is 362 g/mol. The first-order valence-corrected chi connectivity index (χ1v) is 8.45. The average Bonchev–Trinajstić information content (AvgIpc) is 3.13. The zero-order valence-electron chi connectivity index (χ0n) is 14.7. The largest absolute Gasteiger partial charge is 0.419 e. The Morgan fingerprint density at radius 1 is 1.19 bits per heavy atom. The monoisotopic (exact) mass is 379 g/mol. The number of anilines is 1. The molecule has 0 bridgehead atoms. The van der Waals surface area contributed by atoms with Gasteiger partial charge in [0.15, 0.2) is 5.82 Å². The van der Waals surface area contributed by atoms with Gasteiger partial charge in [0.05, 0.1) is 11.5 Å². The van der Waals surface area contributed by atoms with Gasteiger partial charge in [-0.2, -0.15) is 22.7 Å². The zero-order chi connectivity index (χ0) is 19.6. The molecule has 0 amide bonds. The minimum Gasteiger partial charge on any atom is -0.383 e. The van der Waals surface area contributed by atoms with Gasteiger partial charge in [-0.1, -0.05) is 13.0 Å². The number of aryl methyl sites for hydroxylation is 1. The molecule has 2 heterocycles. The summed E-state index contributed by atoms with van der Waals surface area (Å²) in [5.41, 5.74) is 5.51. The number of halogens is 4. The predicted octanol–water partition coefficient (Wildman–Crippen LogP) is 4.10. The second-order valence-electron chi connectivity index (χ2n) is 7.33. The van der Waals surface area contributed by atoms with Crippen LogP contribution in [-0.2, 0) is 6.18 Å². The molecule has 2 N–H and O–H groups in total. The van der Waals surface area contributed by atoms with Crippen molar-refractivity contribution in [1.29, 1.82) is 0 Å². The summed E-state index contributed by atoms with van der Waals surface area (Å²) in [7, 11) is 0. The van der Waals surface area contributed by atoms with Crippen LogP contribution in [0.4, 0.5) is 23.4 Å². The van der Waals surface area contributed by atoms with Gasteiger partial charge in [0.2, 0.25) is 0 Å². The van der Waals surface area contributed by atoms with Crippen molar-refractivity contribution in [2.45, 2.75) is 38.8 Å². The molecule has 0 aliphatic heterocycles. The molecule has 0 unspecified atom stereocenters. The highest BCUT2D eigenvalue weighted by Gasteiger charge is 2.48. The Hall–Kier alpha value is -2.71. The highest BCUT2D eigenvalue weighted by atomic mass is 19.4. The normalized spacial score (nSPS) is 17.3. The molecule has 4 rings (SSSR count). The molecule has 0 spiro atoms. The smallest absolute Gasteiger partial charge is 0.383 e. The van der Waals surface area contributed by atoms with Gasteiger partial charge in [-0.25, -0.2) is 9.37 Å². The number of benzene rings is 1. The quantitative estimate of drug-likeness (QED) is 0.696. The first-order valence-electron chi connectivity index (χ1n) is 8.45. The highest BCUT2D eigenvalue weighted by molar-refractivity contribution is 5.43. The zero-order valence-corrected chi connectivity index (χ0v) is 14.7. The van der Waals surface area contributed by atoms with Crippen LogP contribution in [0.3, 0.4) is 0 Å². The van der Waals surface area contributed by atoms with Crippen molar-refractivity contribution in [1.82, 2.24) is 19.6 Å². The van der Waals surface area contributed by atoms with Gasteiger partial charge in [0.25, 0.3) is 5.78 Å². The average molecular weight is 379 g/mol. The summed E-state index contributed by atoms with van der Waals surface area (Å²) in [5.74, 6) is -0.708. The van der Waals surface area contributed by atoms with Crippen LogP contribution < -0.4 is 5.73 Å². The van der Waals surface area contributed by atoms with Crippen molar-refractivity contribution in [2.75, 3.05) is 5.73 Å². The number of alkyl halides is 3. The SMILES string of the molecule is Cc1cc(N)n2nc([C@@H](c3ccc(C(F)(F)F)c(F)c3)C3(C)CC3)nc2n1. The van der Waals surface area contributed by atoms with Gasteiger partial charge in [-0.15, -0.1) is 5.10 Å². The summed E-state index contributed by atoms with van der Waals surface area (Å²) < 4.78 is 54.2. The third kappa shape index (κ3) is 3.00. The van der Waals surface area contributed by atoms with Crippen LogP contribution in [0.2, 0.25) is 0 Å². The van der Waals surface area contributed by atoms with E-state index < -0.39 is 23.5 Å². The van der Waals surface area contributed by atoms with Crippen molar-refractivity contribution in [3.63, 3.8) is 0 Å². The van der Waals surface area contributed by atoms with Gasteiger partial charge >= 0.3 is 6.18 Å². The van der Waals surface area contributed by atoms with Crippen molar-refractivity contribution < 1.29 is 17.6 Å². The van der Waals surface area contributed by atoms with E-state index in [1.54, 1.807) is 13.0 Å². The highest BCUT2D eigenvalue weighted by Crippen LogP contribution is 2.57. The second kappa shape index (κ2) is 5.64. The van der Waals surface area contributed by atoms with E-state index in [1.165, 1.54) is 10.6 Å². The molecule has 1 atom stereocenters. The van der Waals surface area contributed by atoms with Crippen molar-refractivity contribution in [2.24, 2.45) is 5.41 Å². The summed E-state index contributed by atoms with van der Waals surface area (Å²) >= 11 is 0. The Morgan fingerprint density at radius 2 is 1.89 bits per heavy atom. The summed E-state index contributed by atoms with van der Waals surface area (Å²) in [5, 5.41) is 4.41. The molecule has 2 aromatic heterocycles. The lowest BCUT2D eigenvalue weighted by atomic mass is 9.83. The first-order chi connectivity index (χ1) is 12.6. The van der Waals surface area contributed by atoms with E-state index in [2.05, 4.69) is 15.1 Å². The molecule has 27 heavy (non-hydrogen) atoms. The van der Waals surface area contributed by atoms with E-state index in [0.29, 0.717) is 28.7 Å². The topological polar surface area (TPSA) is 69.1 Å². The summed E-state index contributed by atoms with van der Waals surface area (Å²) in [4.78, 5) is 8.72. The Balaban J connectivity index is 1.84. The molecule has 0 saturated heterocycles. The molecule has 1 aliphatic carbocycles. The predicted molar refractivity (Wildman–Crippen MR) is 90.5 cm³/mol. The maximum atomic E-state index is 14.2. The van der Waals surface area contributed by atoms with Crippen LogP contribution >= 0.6 is 0 Å². The number of hydrogen-bond donors (Lipinski definition) is 1. The lowest BCUT2D eigenvalue weighted by Crippen LogP contribution is -2.16. The number of nitrogen functional groups attached to an aromatic ring is 1. The molecule has 0 radical (unpaired) electrons. The van der Waals surface area contributed by atoms with E-state index >= 15 is 0 Å². The number of aromatic nitrogens is 4. The number of fused-ring (bicyclic) bond motifs is 1. The van der Waals surface area contributed by atoms with E-state index in [9.17, 15) is 17.6 Å². The number of hydrogen-bond acceptors (Lipinski definition) is 4. The first kappa shape index (κ1) is 17.7. The number of rotatable bonds is 3. The van der Waals surface area contributed by atoms with E-state index in [4.69, 9.17) is 5.73 Å². The summed E-state index contributed by atoms with van der Waals surface area (Å²) in [6, 6.07) is 4.66. The standard InChI is InChI=1S/C18H17F4N5/c1-9-7-13(23)27-16(24-9)25-15(26-27)14(17(2)5-6-17)10-3-4-11(12(19)8-10)18(20,21)22/h3-4,7-8,14H,5-6,23H2,1-2H3/t14-/m1/s1. The summed E-state index contributed by atoms with van der Waals surface area (Å²) in [6.07, 6.45) is -3.05. The Kier molecular flexibility index (Phi) is 3.70. The van der Waals surface area contributed by atoms with Crippen molar-refractivity contribution in [3.05, 3.63) is 52.7 Å². The second-order valence-corrected chi connectivity index (χ2v) is 7.33. The van der Waals surface area contributed by atoms with Gasteiger partial charge in [-0.3, -0.25) is 0 Å². The Bertz CT molecular complexity index is 1040. The fourth-order valence-electron chi connectivity index (χ4n) is 3.44. The molecule has 1 fully saturated rings. The van der Waals surface area contributed by atoms with Gasteiger partial charge in [0, 0.05) is 11.8 Å². The van der Waals surface area contributed by atoms with Crippen LogP contribution in [0.5, 0.6) is 0 Å². The van der Waals surface area contributed by atoms with Gasteiger partial charge in [-0.05, 0) is 42.9 Å². The van der Waals surface area contributed by atoms with Crippen molar-refractivity contribution >= 4 is 11.6 Å². The lowest BCUT2D eigenvalue weighted by molar-refractivity contribution is -0.140. The summed E-state index contributed by atoms with van der Waals surface area (Å²) in [6.45, 7) is 3.76.